The highest BCUT2D eigenvalue weighted by atomic mass is 32.2. The topological polar surface area (TPSA) is 48.5 Å². The van der Waals surface area contributed by atoms with Crippen molar-refractivity contribution >= 4 is 28.6 Å². The number of carbonyl (C=O) groups excluding carboxylic acids is 1. The van der Waals surface area contributed by atoms with E-state index in [-0.39, 0.29) is 11.9 Å². The number of thioether (sulfide) groups is 1. The van der Waals surface area contributed by atoms with Gasteiger partial charge in [-0.2, -0.15) is 13.2 Å². The molecule has 0 aliphatic carbocycles. The van der Waals surface area contributed by atoms with Crippen molar-refractivity contribution in [2.24, 2.45) is 0 Å². The molecule has 2 aliphatic heterocycles. The number of pyridine rings is 1. The molecule has 2 saturated heterocycles. The molecule has 4 aromatic rings. The molecule has 0 bridgehead atoms. The minimum atomic E-state index is -4.50. The maximum absolute atomic E-state index is 14.5. The number of fused-ring (bicyclic) bond motifs is 1. The average Bonchev–Trinajstić information content (AvgIpc) is 3.13. The van der Waals surface area contributed by atoms with E-state index in [2.05, 4.69) is 22.0 Å². The Labute approximate surface area is 293 Å². The van der Waals surface area contributed by atoms with Crippen molar-refractivity contribution in [2.75, 3.05) is 31.9 Å². The second-order valence-corrected chi connectivity index (χ2v) is 14.1. The maximum atomic E-state index is 14.5. The molecule has 262 valence electrons. The van der Waals surface area contributed by atoms with Gasteiger partial charge in [0.1, 0.15) is 0 Å². The molecule has 49 heavy (non-hydrogen) atoms. The number of alkyl halides is 3. The summed E-state index contributed by atoms with van der Waals surface area (Å²) in [7, 11) is 0. The van der Waals surface area contributed by atoms with Gasteiger partial charge in [0.15, 0.2) is 0 Å². The Kier molecular flexibility index (Phi) is 12.8. The zero-order valence-electron chi connectivity index (χ0n) is 29.2. The zero-order chi connectivity index (χ0) is 35.0. The van der Waals surface area contributed by atoms with Crippen LogP contribution in [0.2, 0.25) is 0 Å². The summed E-state index contributed by atoms with van der Waals surface area (Å²) in [6.45, 7) is 12.5. The summed E-state index contributed by atoms with van der Waals surface area (Å²) >= 11 is 1.68. The lowest BCUT2D eigenvalue weighted by Gasteiger charge is -2.40. The largest absolute Gasteiger partial charge is 0.416 e. The first kappa shape index (κ1) is 36.9. The molecule has 2 fully saturated rings. The number of hydrogen-bond donors (Lipinski definition) is 1. The summed E-state index contributed by atoms with van der Waals surface area (Å²) in [5.41, 5.74) is 2.77. The molecule has 1 atom stereocenters. The summed E-state index contributed by atoms with van der Waals surface area (Å²) in [6.07, 6.45) is 1.37. The molecule has 2 aliphatic rings. The van der Waals surface area contributed by atoms with Crippen LogP contribution in [0.4, 0.5) is 13.2 Å². The molecule has 0 radical (unpaired) electrons. The molecular weight excluding hydrogens is 642 g/mol. The highest BCUT2D eigenvalue weighted by molar-refractivity contribution is 7.99. The standard InChI is InChI=1S/C38H43F3N4OS.C2H6/c1-3-47-31-15-16-34-32(24-31)35(37(46)42-26(2)27-11-6-4-7-12-27)33(36(43-34)28-13-10-14-29(23-28)38(39,40)41)25-44-21-17-30(18-22-44)45-19-8-5-9-20-45;1-2/h4,6-7,10-16,23-24,26,30H,3,5,8-9,17-22,25H2,1-2H3,(H,42,46);1-2H3/t26-;/m0./s1. The van der Waals surface area contributed by atoms with E-state index < -0.39 is 11.7 Å². The first-order valence-electron chi connectivity index (χ1n) is 17.8. The third kappa shape index (κ3) is 9.04. The van der Waals surface area contributed by atoms with Gasteiger partial charge in [0.2, 0.25) is 0 Å². The number of rotatable bonds is 9. The van der Waals surface area contributed by atoms with Crippen LogP contribution in [0.3, 0.4) is 0 Å². The first-order chi connectivity index (χ1) is 23.7. The van der Waals surface area contributed by atoms with Gasteiger partial charge in [-0.25, -0.2) is 4.98 Å². The molecule has 3 aromatic carbocycles. The summed E-state index contributed by atoms with van der Waals surface area (Å²) < 4.78 is 41.8. The minimum absolute atomic E-state index is 0.251. The Balaban J connectivity index is 0.00000230. The highest BCUT2D eigenvalue weighted by Gasteiger charge is 2.32. The van der Waals surface area contributed by atoms with Crippen molar-refractivity contribution < 1.29 is 18.0 Å². The third-order valence-corrected chi connectivity index (χ3v) is 10.4. The number of piperidine rings is 2. The van der Waals surface area contributed by atoms with Crippen molar-refractivity contribution in [2.45, 2.75) is 89.5 Å². The number of halogens is 3. The number of nitrogens with one attached hydrogen (secondary N) is 1. The molecule has 0 spiro atoms. The molecule has 1 amide bonds. The Hall–Kier alpha value is -3.40. The zero-order valence-corrected chi connectivity index (χ0v) is 30.0. The maximum Gasteiger partial charge on any atom is 0.416 e. The van der Waals surface area contributed by atoms with E-state index >= 15 is 0 Å². The van der Waals surface area contributed by atoms with Gasteiger partial charge in [-0.3, -0.25) is 9.69 Å². The monoisotopic (exact) mass is 690 g/mol. The summed E-state index contributed by atoms with van der Waals surface area (Å²) in [5, 5.41) is 3.94. The number of nitrogens with zero attached hydrogens (tertiary/aromatic N) is 3. The predicted molar refractivity (Wildman–Crippen MR) is 196 cm³/mol. The van der Waals surface area contributed by atoms with Gasteiger partial charge >= 0.3 is 6.18 Å². The Morgan fingerprint density at radius 3 is 2.33 bits per heavy atom. The first-order valence-corrected chi connectivity index (χ1v) is 18.8. The van der Waals surface area contributed by atoms with Crippen molar-refractivity contribution in [1.82, 2.24) is 20.1 Å². The molecule has 1 aromatic heterocycles. The number of aromatic nitrogens is 1. The van der Waals surface area contributed by atoms with Crippen molar-refractivity contribution in [3.63, 3.8) is 0 Å². The van der Waals surface area contributed by atoms with Gasteiger partial charge in [-0.05, 0) is 100 Å². The second kappa shape index (κ2) is 17.0. The lowest BCUT2D eigenvalue weighted by molar-refractivity contribution is -0.137. The van der Waals surface area contributed by atoms with Crippen LogP contribution in [0.25, 0.3) is 22.2 Å². The Morgan fingerprint density at radius 1 is 0.939 bits per heavy atom. The van der Waals surface area contributed by atoms with E-state index in [4.69, 9.17) is 4.98 Å². The molecule has 0 unspecified atom stereocenters. The fourth-order valence-corrected chi connectivity index (χ4v) is 7.78. The van der Waals surface area contributed by atoms with E-state index in [1.54, 1.807) is 17.8 Å². The normalized spacial score (nSPS) is 17.0. The quantitative estimate of drug-likeness (QED) is 0.177. The van der Waals surface area contributed by atoms with Crippen LogP contribution in [-0.4, -0.2) is 58.7 Å². The minimum Gasteiger partial charge on any atom is -0.345 e. The Morgan fingerprint density at radius 2 is 1.65 bits per heavy atom. The van der Waals surface area contributed by atoms with Crippen LogP contribution in [-0.2, 0) is 12.7 Å². The van der Waals surface area contributed by atoms with Crippen molar-refractivity contribution in [3.05, 3.63) is 95.1 Å². The lowest BCUT2D eigenvalue weighted by atomic mass is 9.93. The second-order valence-electron chi connectivity index (χ2n) is 12.7. The van der Waals surface area contributed by atoms with E-state index in [1.807, 2.05) is 69.3 Å². The van der Waals surface area contributed by atoms with E-state index in [0.29, 0.717) is 40.5 Å². The summed E-state index contributed by atoms with van der Waals surface area (Å²) in [5.74, 6) is 0.617. The fourth-order valence-electron chi connectivity index (χ4n) is 7.08. The van der Waals surface area contributed by atoms with Gasteiger partial charge in [0, 0.05) is 34.0 Å². The van der Waals surface area contributed by atoms with Crippen LogP contribution in [0.15, 0.2) is 77.7 Å². The fraction of sp³-hybridized carbons (Fsp3) is 0.450. The van der Waals surface area contributed by atoms with Crippen LogP contribution < -0.4 is 5.32 Å². The van der Waals surface area contributed by atoms with Gasteiger partial charge in [0.25, 0.3) is 5.91 Å². The molecular formula is C40H49F3N4OS. The highest BCUT2D eigenvalue weighted by Crippen LogP contribution is 2.37. The number of benzene rings is 3. The van der Waals surface area contributed by atoms with Gasteiger partial charge < -0.3 is 10.2 Å². The SMILES string of the molecule is CC.CCSc1ccc2nc(-c3cccc(C(F)(F)F)c3)c(CN3CCC(N4CCCCC4)CC3)c(C(=O)N[C@@H](C)c3ccccc3)c2c1. The van der Waals surface area contributed by atoms with Gasteiger partial charge in [-0.1, -0.05) is 69.7 Å². The average molecular weight is 691 g/mol. The molecule has 9 heteroatoms. The lowest BCUT2D eigenvalue weighted by Crippen LogP contribution is -2.46. The molecule has 1 N–H and O–H groups in total. The van der Waals surface area contributed by atoms with Crippen LogP contribution in [0.1, 0.15) is 92.9 Å². The predicted octanol–water partition coefficient (Wildman–Crippen LogP) is 10.0. The number of amides is 1. The van der Waals surface area contributed by atoms with E-state index in [9.17, 15) is 18.0 Å². The molecule has 5 nitrogen and oxygen atoms in total. The molecule has 0 saturated carbocycles. The number of carbonyl (C=O) groups is 1. The van der Waals surface area contributed by atoms with Crippen molar-refractivity contribution in [3.8, 4) is 11.3 Å². The van der Waals surface area contributed by atoms with Gasteiger partial charge in [-0.15, -0.1) is 11.8 Å². The van der Waals surface area contributed by atoms with Crippen LogP contribution in [0.5, 0.6) is 0 Å². The van der Waals surface area contributed by atoms with Crippen LogP contribution in [0, 0.1) is 0 Å². The van der Waals surface area contributed by atoms with E-state index in [1.165, 1.54) is 25.3 Å². The smallest absolute Gasteiger partial charge is 0.345 e. The number of hydrogen-bond acceptors (Lipinski definition) is 5. The molecule has 6 rings (SSSR count). The summed E-state index contributed by atoms with van der Waals surface area (Å²) in [6, 6.07) is 21.3. The third-order valence-electron chi connectivity index (χ3n) is 9.55. The molecule has 3 heterocycles. The van der Waals surface area contributed by atoms with E-state index in [0.717, 1.165) is 72.8 Å². The van der Waals surface area contributed by atoms with Crippen molar-refractivity contribution in [1.29, 1.82) is 0 Å². The summed E-state index contributed by atoms with van der Waals surface area (Å²) in [4.78, 5) is 25.5. The van der Waals surface area contributed by atoms with Crippen LogP contribution >= 0.6 is 11.8 Å². The Bertz CT molecular complexity index is 1680. The number of likely N-dealkylation sites (tertiary alicyclic amines) is 2. The van der Waals surface area contributed by atoms with Gasteiger partial charge in [0.05, 0.1) is 28.4 Å².